The zero-order valence-corrected chi connectivity index (χ0v) is 7.67. The molecular formula is C11H11FO. The Hall–Kier alpha value is -1.44. The van der Waals surface area contributed by atoms with Gasteiger partial charge in [-0.2, -0.15) is 0 Å². The summed E-state index contributed by atoms with van der Waals surface area (Å²) in [5.41, 5.74) is 0.943. The maximum absolute atomic E-state index is 13.0. The third-order valence-corrected chi connectivity index (χ3v) is 1.77. The number of ketones is 1. The normalized spacial score (nSPS) is 10.7. The summed E-state index contributed by atoms with van der Waals surface area (Å²) in [6.45, 7) is 3.42. The molecule has 1 nitrogen and oxygen atoms in total. The molecule has 0 bridgehead atoms. The van der Waals surface area contributed by atoms with Crippen molar-refractivity contribution in [1.29, 1.82) is 0 Å². The molecule has 0 radical (unpaired) electrons. The van der Waals surface area contributed by atoms with Crippen molar-refractivity contribution in [2.24, 2.45) is 0 Å². The van der Waals surface area contributed by atoms with Gasteiger partial charge in [0.1, 0.15) is 5.82 Å². The maximum Gasteiger partial charge on any atom is 0.185 e. The largest absolute Gasteiger partial charge is 0.289 e. The zero-order chi connectivity index (χ0) is 9.84. The van der Waals surface area contributed by atoms with Gasteiger partial charge in [0.15, 0.2) is 5.78 Å². The molecule has 0 amide bonds. The molecule has 0 aliphatic heterocycles. The van der Waals surface area contributed by atoms with Crippen LogP contribution in [-0.2, 0) is 0 Å². The van der Waals surface area contributed by atoms with Gasteiger partial charge >= 0.3 is 0 Å². The average Bonchev–Trinajstić information content (AvgIpc) is 2.10. The van der Waals surface area contributed by atoms with E-state index in [2.05, 4.69) is 0 Å². The summed E-state index contributed by atoms with van der Waals surface area (Å²) in [5, 5.41) is 0. The highest BCUT2D eigenvalue weighted by molar-refractivity contribution is 6.04. The van der Waals surface area contributed by atoms with Crippen molar-refractivity contribution < 1.29 is 9.18 Å². The number of halogens is 1. The molecule has 13 heavy (non-hydrogen) atoms. The lowest BCUT2D eigenvalue weighted by atomic mass is 10.1. The number of rotatable bonds is 2. The lowest BCUT2D eigenvalue weighted by Crippen LogP contribution is -1.95. The van der Waals surface area contributed by atoms with Gasteiger partial charge in [-0.3, -0.25) is 4.79 Å². The van der Waals surface area contributed by atoms with Crippen molar-refractivity contribution in [3.63, 3.8) is 0 Å². The van der Waals surface area contributed by atoms with Gasteiger partial charge in [0.05, 0.1) is 0 Å². The third-order valence-electron chi connectivity index (χ3n) is 1.77. The molecule has 0 aliphatic rings. The molecule has 68 valence electrons. The van der Waals surface area contributed by atoms with Gasteiger partial charge in [-0.05, 0) is 31.6 Å². The highest BCUT2D eigenvalue weighted by Crippen LogP contribution is 2.09. The molecule has 0 saturated carbocycles. The summed E-state index contributed by atoms with van der Waals surface area (Å²) < 4.78 is 13.0. The van der Waals surface area contributed by atoms with Crippen LogP contribution in [0.4, 0.5) is 4.39 Å². The quantitative estimate of drug-likeness (QED) is 0.502. The fourth-order valence-electron chi connectivity index (χ4n) is 0.994. The lowest BCUT2D eigenvalue weighted by molar-refractivity contribution is 0.104. The van der Waals surface area contributed by atoms with E-state index in [9.17, 15) is 9.18 Å². The van der Waals surface area contributed by atoms with Crippen molar-refractivity contribution in [2.45, 2.75) is 13.8 Å². The molecule has 2 heteroatoms. The third kappa shape index (κ3) is 2.25. The van der Waals surface area contributed by atoms with Gasteiger partial charge in [-0.15, -0.1) is 0 Å². The second-order valence-electron chi connectivity index (χ2n) is 2.83. The summed E-state index contributed by atoms with van der Waals surface area (Å²) in [4.78, 5) is 11.3. The number of aryl methyl sites for hydroxylation is 1. The Labute approximate surface area is 76.9 Å². The number of hydrogen-bond donors (Lipinski definition) is 0. The fraction of sp³-hybridized carbons (Fsp3) is 0.182. The van der Waals surface area contributed by atoms with Crippen LogP contribution in [0.25, 0.3) is 0 Å². The molecule has 0 atom stereocenters. The fourth-order valence-corrected chi connectivity index (χ4v) is 0.994. The monoisotopic (exact) mass is 178 g/mol. The van der Waals surface area contributed by atoms with E-state index in [1.165, 1.54) is 12.1 Å². The molecule has 0 saturated heterocycles. The minimum Gasteiger partial charge on any atom is -0.289 e. The summed E-state index contributed by atoms with van der Waals surface area (Å²) in [6, 6.07) is 4.49. The molecule has 0 unspecified atom stereocenters. The van der Waals surface area contributed by atoms with Crippen LogP contribution in [0.3, 0.4) is 0 Å². The van der Waals surface area contributed by atoms with Crippen molar-refractivity contribution in [3.05, 3.63) is 47.3 Å². The Bertz CT molecular complexity index is 353. The summed E-state index contributed by atoms with van der Waals surface area (Å²) in [6.07, 6.45) is 3.06. The Kier molecular flexibility index (Phi) is 2.96. The van der Waals surface area contributed by atoms with Crippen LogP contribution in [0.15, 0.2) is 30.4 Å². The summed E-state index contributed by atoms with van der Waals surface area (Å²) in [5.74, 6) is -0.503. The Balaban J connectivity index is 3.04. The van der Waals surface area contributed by atoms with Crippen LogP contribution in [0, 0.1) is 12.7 Å². The molecule has 0 fully saturated rings. The summed E-state index contributed by atoms with van der Waals surface area (Å²) in [7, 11) is 0. The van der Waals surface area contributed by atoms with Crippen molar-refractivity contribution in [2.75, 3.05) is 0 Å². The van der Waals surface area contributed by atoms with Crippen LogP contribution >= 0.6 is 0 Å². The first-order chi connectivity index (χ1) is 6.15. The molecular weight excluding hydrogens is 167 g/mol. The van der Waals surface area contributed by atoms with Gasteiger partial charge in [-0.25, -0.2) is 4.39 Å². The molecule has 0 N–H and O–H groups in total. The molecule has 0 aromatic heterocycles. The first-order valence-corrected chi connectivity index (χ1v) is 4.08. The van der Waals surface area contributed by atoms with E-state index in [4.69, 9.17) is 0 Å². The highest BCUT2D eigenvalue weighted by atomic mass is 19.1. The van der Waals surface area contributed by atoms with Gasteiger partial charge in [-0.1, -0.05) is 18.2 Å². The van der Waals surface area contributed by atoms with Gasteiger partial charge in [0.2, 0.25) is 0 Å². The predicted octanol–water partition coefficient (Wildman–Crippen LogP) is 2.89. The van der Waals surface area contributed by atoms with Gasteiger partial charge in [0.25, 0.3) is 0 Å². The minimum atomic E-state index is -0.338. The number of carbonyl (C=O) groups is 1. The highest BCUT2D eigenvalue weighted by Gasteiger charge is 2.03. The topological polar surface area (TPSA) is 17.1 Å². The van der Waals surface area contributed by atoms with E-state index in [1.54, 1.807) is 32.1 Å². The predicted molar refractivity (Wildman–Crippen MR) is 50.3 cm³/mol. The molecule has 1 aromatic rings. The summed E-state index contributed by atoms with van der Waals surface area (Å²) >= 11 is 0. The van der Waals surface area contributed by atoms with E-state index in [0.29, 0.717) is 11.1 Å². The van der Waals surface area contributed by atoms with Crippen molar-refractivity contribution >= 4 is 5.78 Å². The van der Waals surface area contributed by atoms with Crippen LogP contribution in [0.1, 0.15) is 22.8 Å². The van der Waals surface area contributed by atoms with E-state index >= 15 is 0 Å². The Morgan fingerprint density at radius 3 is 2.69 bits per heavy atom. The number of hydrogen-bond acceptors (Lipinski definition) is 1. The first kappa shape index (κ1) is 9.65. The number of allylic oxidation sites excluding steroid dienone is 2. The smallest absolute Gasteiger partial charge is 0.185 e. The second-order valence-corrected chi connectivity index (χ2v) is 2.83. The Morgan fingerprint density at radius 1 is 1.46 bits per heavy atom. The van der Waals surface area contributed by atoms with E-state index in [1.807, 2.05) is 0 Å². The average molecular weight is 178 g/mol. The van der Waals surface area contributed by atoms with E-state index < -0.39 is 0 Å². The molecule has 0 heterocycles. The Morgan fingerprint density at radius 2 is 2.15 bits per heavy atom. The van der Waals surface area contributed by atoms with Crippen molar-refractivity contribution in [1.82, 2.24) is 0 Å². The van der Waals surface area contributed by atoms with E-state index in [-0.39, 0.29) is 11.6 Å². The second kappa shape index (κ2) is 3.99. The molecule has 1 rings (SSSR count). The van der Waals surface area contributed by atoms with Gasteiger partial charge in [0, 0.05) is 5.56 Å². The van der Waals surface area contributed by atoms with Crippen LogP contribution < -0.4 is 0 Å². The SMILES string of the molecule is C/C=C/C(=O)c1ccc(C)c(F)c1. The minimum absolute atomic E-state index is 0.165. The van der Waals surface area contributed by atoms with Crippen LogP contribution in [-0.4, -0.2) is 5.78 Å². The van der Waals surface area contributed by atoms with Crippen LogP contribution in [0.5, 0.6) is 0 Å². The van der Waals surface area contributed by atoms with Crippen molar-refractivity contribution in [3.8, 4) is 0 Å². The van der Waals surface area contributed by atoms with Gasteiger partial charge < -0.3 is 0 Å². The molecule has 1 aromatic carbocycles. The molecule has 0 spiro atoms. The number of benzene rings is 1. The zero-order valence-electron chi connectivity index (χ0n) is 7.67. The maximum atomic E-state index is 13.0. The van der Waals surface area contributed by atoms with E-state index in [0.717, 1.165) is 0 Å². The lowest BCUT2D eigenvalue weighted by Gasteiger charge is -1.98. The first-order valence-electron chi connectivity index (χ1n) is 4.08. The number of carbonyl (C=O) groups excluding carboxylic acids is 1. The standard InChI is InChI=1S/C11H11FO/c1-3-4-11(13)9-6-5-8(2)10(12)7-9/h3-7H,1-2H3/b4-3+. The van der Waals surface area contributed by atoms with Crippen LogP contribution in [0.2, 0.25) is 0 Å². The molecule has 0 aliphatic carbocycles.